The highest BCUT2D eigenvalue weighted by atomic mass is 32.1. The highest BCUT2D eigenvalue weighted by Gasteiger charge is 2.31. The molecule has 26 heavy (non-hydrogen) atoms. The van der Waals surface area contributed by atoms with Crippen LogP contribution in [0.1, 0.15) is 29.2 Å². The van der Waals surface area contributed by atoms with Crippen LogP contribution >= 0.6 is 11.3 Å². The van der Waals surface area contributed by atoms with Gasteiger partial charge in [-0.1, -0.05) is 53.3 Å². The standard InChI is InChI=1S/C20H19N3O2S/c1-13-3-5-14(6-4-13)17-11-18(15-7-9-16(25-2)10-8-15)23(22-17)20-21-19(24)12-26-20/h3-10,12,18,24H,11H2,1-2H3. The van der Waals surface area contributed by atoms with Crippen molar-refractivity contribution in [3.8, 4) is 11.6 Å². The van der Waals surface area contributed by atoms with Crippen molar-refractivity contribution in [2.45, 2.75) is 19.4 Å². The number of ether oxygens (including phenoxy) is 1. The van der Waals surface area contributed by atoms with Gasteiger partial charge in [-0.3, -0.25) is 0 Å². The zero-order valence-electron chi connectivity index (χ0n) is 14.6. The highest BCUT2D eigenvalue weighted by Crippen LogP contribution is 2.39. The monoisotopic (exact) mass is 365 g/mol. The Morgan fingerprint density at radius 3 is 2.46 bits per heavy atom. The van der Waals surface area contributed by atoms with Crippen molar-refractivity contribution in [3.63, 3.8) is 0 Å². The summed E-state index contributed by atoms with van der Waals surface area (Å²) < 4.78 is 5.26. The van der Waals surface area contributed by atoms with Crippen LogP contribution in [0, 0.1) is 6.92 Å². The molecule has 0 amide bonds. The first-order valence-corrected chi connectivity index (χ1v) is 9.24. The topological polar surface area (TPSA) is 58.0 Å². The molecular weight excluding hydrogens is 346 g/mol. The number of aryl methyl sites for hydroxylation is 1. The van der Waals surface area contributed by atoms with Gasteiger partial charge in [0.25, 0.3) is 0 Å². The van der Waals surface area contributed by atoms with Gasteiger partial charge in [-0.25, -0.2) is 5.01 Å². The SMILES string of the molecule is COc1ccc(C2CC(c3ccc(C)cc3)=NN2c2nc(O)cs2)cc1. The zero-order chi connectivity index (χ0) is 18.1. The van der Waals surface area contributed by atoms with Crippen molar-refractivity contribution in [1.29, 1.82) is 0 Å². The van der Waals surface area contributed by atoms with Crippen LogP contribution in [0.25, 0.3) is 0 Å². The van der Waals surface area contributed by atoms with Crippen molar-refractivity contribution in [3.05, 3.63) is 70.6 Å². The van der Waals surface area contributed by atoms with Gasteiger partial charge in [0.1, 0.15) is 5.75 Å². The molecule has 0 saturated heterocycles. The van der Waals surface area contributed by atoms with E-state index >= 15 is 0 Å². The maximum absolute atomic E-state index is 9.66. The fourth-order valence-electron chi connectivity index (χ4n) is 3.05. The number of thiazole rings is 1. The average molecular weight is 365 g/mol. The minimum atomic E-state index is 0.0254. The molecule has 0 aliphatic carbocycles. The minimum Gasteiger partial charge on any atom is -0.497 e. The molecule has 4 rings (SSSR count). The first-order chi connectivity index (χ1) is 12.6. The molecular formula is C20H19N3O2S. The third kappa shape index (κ3) is 3.15. The molecule has 5 nitrogen and oxygen atoms in total. The number of anilines is 1. The van der Waals surface area contributed by atoms with E-state index in [0.717, 1.165) is 29.0 Å². The van der Waals surface area contributed by atoms with Gasteiger partial charge < -0.3 is 9.84 Å². The number of benzene rings is 2. The van der Waals surface area contributed by atoms with Gasteiger partial charge >= 0.3 is 0 Å². The molecule has 0 radical (unpaired) electrons. The van der Waals surface area contributed by atoms with E-state index in [9.17, 15) is 5.11 Å². The summed E-state index contributed by atoms with van der Waals surface area (Å²) in [6.07, 6.45) is 0.774. The van der Waals surface area contributed by atoms with Crippen LogP contribution in [-0.2, 0) is 0 Å². The molecule has 0 fully saturated rings. The fourth-order valence-corrected chi connectivity index (χ4v) is 3.74. The number of hydrazone groups is 1. The van der Waals surface area contributed by atoms with Crippen molar-refractivity contribution in [2.24, 2.45) is 5.10 Å². The maximum atomic E-state index is 9.66. The van der Waals surface area contributed by atoms with Crippen LogP contribution in [0.4, 0.5) is 5.13 Å². The van der Waals surface area contributed by atoms with Crippen LogP contribution in [0.2, 0.25) is 0 Å². The summed E-state index contributed by atoms with van der Waals surface area (Å²) in [5.41, 5.74) is 4.48. The lowest BCUT2D eigenvalue weighted by Gasteiger charge is -2.21. The van der Waals surface area contributed by atoms with Crippen LogP contribution in [0.15, 0.2) is 59.0 Å². The minimum absolute atomic E-state index is 0.0254. The summed E-state index contributed by atoms with van der Waals surface area (Å²) in [7, 11) is 1.66. The second-order valence-corrected chi connectivity index (χ2v) is 7.08. The Balaban J connectivity index is 1.71. The number of hydrogen-bond donors (Lipinski definition) is 1. The summed E-state index contributed by atoms with van der Waals surface area (Å²) in [5.74, 6) is 0.849. The lowest BCUT2D eigenvalue weighted by Crippen LogP contribution is -2.18. The number of rotatable bonds is 4. The van der Waals surface area contributed by atoms with E-state index in [4.69, 9.17) is 9.84 Å². The van der Waals surface area contributed by atoms with E-state index in [0.29, 0.717) is 5.13 Å². The molecule has 1 aromatic heterocycles. The Morgan fingerprint density at radius 2 is 1.85 bits per heavy atom. The number of hydrogen-bond acceptors (Lipinski definition) is 6. The number of methoxy groups -OCH3 is 1. The van der Waals surface area contributed by atoms with Gasteiger partial charge in [0, 0.05) is 6.42 Å². The molecule has 2 heterocycles. The van der Waals surface area contributed by atoms with Gasteiger partial charge in [-0.2, -0.15) is 10.1 Å². The third-order valence-corrected chi connectivity index (χ3v) is 5.29. The molecule has 0 spiro atoms. The van der Waals surface area contributed by atoms with Gasteiger partial charge in [0.2, 0.25) is 11.0 Å². The quantitative estimate of drug-likeness (QED) is 0.738. The Morgan fingerprint density at radius 1 is 1.12 bits per heavy atom. The summed E-state index contributed by atoms with van der Waals surface area (Å²) in [6, 6.07) is 16.4. The third-order valence-electron chi connectivity index (χ3n) is 4.47. The van der Waals surface area contributed by atoms with E-state index < -0.39 is 0 Å². The smallest absolute Gasteiger partial charge is 0.223 e. The first kappa shape index (κ1) is 16.6. The molecule has 1 atom stereocenters. The summed E-state index contributed by atoms with van der Waals surface area (Å²) in [5, 5.41) is 18.7. The normalized spacial score (nSPS) is 16.6. The van der Waals surface area contributed by atoms with Crippen molar-refractivity contribution in [1.82, 2.24) is 4.98 Å². The molecule has 3 aromatic rings. The molecule has 2 aromatic carbocycles. The van der Waals surface area contributed by atoms with E-state index in [1.807, 2.05) is 17.1 Å². The van der Waals surface area contributed by atoms with Crippen molar-refractivity contribution in [2.75, 3.05) is 12.1 Å². The molecule has 132 valence electrons. The summed E-state index contributed by atoms with van der Waals surface area (Å²) in [6.45, 7) is 2.07. The van der Waals surface area contributed by atoms with E-state index in [1.54, 1.807) is 12.5 Å². The lowest BCUT2D eigenvalue weighted by atomic mass is 9.98. The zero-order valence-corrected chi connectivity index (χ0v) is 15.4. The number of aromatic nitrogens is 1. The lowest BCUT2D eigenvalue weighted by molar-refractivity contribution is 0.414. The predicted molar refractivity (Wildman–Crippen MR) is 104 cm³/mol. The molecule has 1 N–H and O–H groups in total. The Labute approximate surface area is 156 Å². The first-order valence-electron chi connectivity index (χ1n) is 8.36. The molecule has 6 heteroatoms. The van der Waals surface area contributed by atoms with Crippen molar-refractivity contribution >= 4 is 22.2 Å². The van der Waals surface area contributed by atoms with Crippen LogP contribution in [0.5, 0.6) is 11.6 Å². The second-order valence-electron chi connectivity index (χ2n) is 6.24. The van der Waals surface area contributed by atoms with Crippen LogP contribution < -0.4 is 9.75 Å². The summed E-state index contributed by atoms with van der Waals surface area (Å²) >= 11 is 1.39. The van der Waals surface area contributed by atoms with Gasteiger partial charge in [0.05, 0.1) is 24.2 Å². The van der Waals surface area contributed by atoms with Gasteiger partial charge in [-0.15, -0.1) is 0 Å². The molecule has 1 aliphatic rings. The van der Waals surface area contributed by atoms with Crippen LogP contribution in [0.3, 0.4) is 0 Å². The fraction of sp³-hybridized carbons (Fsp3) is 0.200. The number of nitrogens with zero attached hydrogens (tertiary/aromatic N) is 3. The predicted octanol–water partition coefficient (Wildman–Crippen LogP) is 4.52. The second kappa shape index (κ2) is 6.80. The molecule has 1 unspecified atom stereocenters. The number of aromatic hydroxyl groups is 1. The molecule has 0 saturated carbocycles. The average Bonchev–Trinajstić information content (AvgIpc) is 3.29. The maximum Gasteiger partial charge on any atom is 0.223 e. The highest BCUT2D eigenvalue weighted by molar-refractivity contribution is 7.13. The van der Waals surface area contributed by atoms with E-state index in [-0.39, 0.29) is 11.9 Å². The van der Waals surface area contributed by atoms with Gasteiger partial charge in [-0.05, 0) is 30.2 Å². The van der Waals surface area contributed by atoms with Crippen molar-refractivity contribution < 1.29 is 9.84 Å². The van der Waals surface area contributed by atoms with Gasteiger partial charge in [0.15, 0.2) is 0 Å². The Bertz CT molecular complexity index is 932. The molecule has 1 aliphatic heterocycles. The largest absolute Gasteiger partial charge is 0.497 e. The summed E-state index contributed by atoms with van der Waals surface area (Å²) in [4.78, 5) is 4.21. The Hall–Kier alpha value is -2.86. The Kier molecular flexibility index (Phi) is 4.34. The van der Waals surface area contributed by atoms with E-state index in [1.165, 1.54) is 16.9 Å². The molecule has 0 bridgehead atoms. The van der Waals surface area contributed by atoms with Crippen LogP contribution in [-0.4, -0.2) is 22.9 Å². The van der Waals surface area contributed by atoms with E-state index in [2.05, 4.69) is 48.3 Å².